The minimum atomic E-state index is 0.740. The van der Waals surface area contributed by atoms with Gasteiger partial charge in [-0.15, -0.1) is 0 Å². The quantitative estimate of drug-likeness (QED) is 0.882. The summed E-state index contributed by atoms with van der Waals surface area (Å²) in [4.78, 5) is 11.3. The van der Waals surface area contributed by atoms with Crippen molar-refractivity contribution < 1.29 is 0 Å². The second-order valence-electron chi connectivity index (χ2n) is 5.23. The summed E-state index contributed by atoms with van der Waals surface area (Å²) in [5.41, 5.74) is 1.06. The van der Waals surface area contributed by atoms with E-state index < -0.39 is 0 Å². The van der Waals surface area contributed by atoms with Crippen LogP contribution in [0.15, 0.2) is 6.07 Å². The van der Waals surface area contributed by atoms with E-state index in [0.29, 0.717) is 0 Å². The zero-order valence-electron chi connectivity index (χ0n) is 11.7. The predicted molar refractivity (Wildman–Crippen MR) is 75.0 cm³/mol. The molecular formula is C14H24N4. The first-order valence-corrected chi connectivity index (χ1v) is 6.95. The number of nitrogens with one attached hydrogen (secondary N) is 1. The molecule has 0 bridgehead atoms. The van der Waals surface area contributed by atoms with Crippen molar-refractivity contribution in [3.63, 3.8) is 0 Å². The lowest BCUT2D eigenvalue weighted by molar-refractivity contribution is 0.380. The van der Waals surface area contributed by atoms with Crippen molar-refractivity contribution in [3.05, 3.63) is 17.6 Å². The van der Waals surface area contributed by atoms with Gasteiger partial charge in [-0.2, -0.15) is 0 Å². The van der Waals surface area contributed by atoms with E-state index in [4.69, 9.17) is 0 Å². The molecule has 0 aliphatic carbocycles. The van der Waals surface area contributed by atoms with Gasteiger partial charge in [-0.25, -0.2) is 9.97 Å². The van der Waals surface area contributed by atoms with Gasteiger partial charge in [-0.05, 0) is 38.8 Å². The Morgan fingerprint density at radius 1 is 1.44 bits per heavy atom. The second kappa shape index (κ2) is 6.14. The minimum absolute atomic E-state index is 0.740. The zero-order valence-corrected chi connectivity index (χ0v) is 11.7. The molecule has 1 saturated heterocycles. The van der Waals surface area contributed by atoms with E-state index in [2.05, 4.69) is 40.2 Å². The first-order chi connectivity index (χ1) is 8.69. The molecule has 1 N–H and O–H groups in total. The molecule has 1 unspecified atom stereocenters. The van der Waals surface area contributed by atoms with E-state index in [1.165, 1.54) is 19.4 Å². The highest BCUT2D eigenvalue weighted by molar-refractivity contribution is 5.38. The van der Waals surface area contributed by atoms with Gasteiger partial charge in [0.05, 0.1) is 0 Å². The third kappa shape index (κ3) is 3.42. The van der Waals surface area contributed by atoms with Crippen molar-refractivity contribution in [3.8, 4) is 0 Å². The lowest BCUT2D eigenvalue weighted by Crippen LogP contribution is -2.37. The number of hydrogen-bond donors (Lipinski definition) is 1. The molecule has 1 fully saturated rings. The Balaban J connectivity index is 2.02. The predicted octanol–water partition coefficient (Wildman–Crippen LogP) is 1.78. The van der Waals surface area contributed by atoms with Crippen molar-refractivity contribution in [2.24, 2.45) is 5.92 Å². The summed E-state index contributed by atoms with van der Waals surface area (Å²) in [5.74, 6) is 2.74. The molecule has 1 atom stereocenters. The average Bonchev–Trinajstić information content (AvgIpc) is 2.39. The molecule has 1 aliphatic rings. The molecule has 100 valence electrons. The standard InChI is InChI=1S/C14H24N4/c1-4-13-16-11(2)8-14(17-13)18(3)10-12-6-5-7-15-9-12/h8,12,15H,4-7,9-10H2,1-3H3. The molecule has 1 aliphatic heterocycles. The second-order valence-corrected chi connectivity index (χ2v) is 5.23. The molecule has 0 aromatic carbocycles. The normalized spacial score (nSPS) is 19.8. The molecule has 2 heterocycles. The van der Waals surface area contributed by atoms with E-state index in [-0.39, 0.29) is 0 Å². The van der Waals surface area contributed by atoms with Crippen LogP contribution in [0.25, 0.3) is 0 Å². The van der Waals surface area contributed by atoms with Crippen molar-refractivity contribution in [2.45, 2.75) is 33.1 Å². The first-order valence-electron chi connectivity index (χ1n) is 6.95. The van der Waals surface area contributed by atoms with E-state index in [1.807, 2.05) is 6.92 Å². The van der Waals surface area contributed by atoms with Crippen LogP contribution in [0.2, 0.25) is 0 Å². The third-order valence-corrected chi connectivity index (χ3v) is 3.53. The highest BCUT2D eigenvalue weighted by Gasteiger charge is 2.16. The minimum Gasteiger partial charge on any atom is -0.359 e. The maximum Gasteiger partial charge on any atom is 0.132 e. The molecule has 2 rings (SSSR count). The molecule has 4 heteroatoms. The number of anilines is 1. The number of aryl methyl sites for hydroxylation is 2. The molecular weight excluding hydrogens is 224 g/mol. The average molecular weight is 248 g/mol. The van der Waals surface area contributed by atoms with Crippen LogP contribution in [0.4, 0.5) is 5.82 Å². The number of piperidine rings is 1. The van der Waals surface area contributed by atoms with Gasteiger partial charge >= 0.3 is 0 Å². The maximum absolute atomic E-state index is 4.61. The first kappa shape index (κ1) is 13.3. The van der Waals surface area contributed by atoms with Crippen LogP contribution in [0.1, 0.15) is 31.3 Å². The monoisotopic (exact) mass is 248 g/mol. The van der Waals surface area contributed by atoms with Gasteiger partial charge in [0.15, 0.2) is 0 Å². The van der Waals surface area contributed by atoms with Crippen molar-refractivity contribution >= 4 is 5.82 Å². The third-order valence-electron chi connectivity index (χ3n) is 3.53. The van der Waals surface area contributed by atoms with Crippen LogP contribution < -0.4 is 10.2 Å². The molecule has 0 saturated carbocycles. The number of nitrogens with zero attached hydrogens (tertiary/aromatic N) is 3. The van der Waals surface area contributed by atoms with Crippen LogP contribution in [0, 0.1) is 12.8 Å². The lowest BCUT2D eigenvalue weighted by atomic mass is 9.99. The van der Waals surface area contributed by atoms with Gasteiger partial charge in [0.1, 0.15) is 11.6 Å². The molecule has 1 aromatic heterocycles. The summed E-state index contributed by atoms with van der Waals surface area (Å²) < 4.78 is 0. The van der Waals surface area contributed by atoms with Crippen molar-refractivity contribution in [1.82, 2.24) is 15.3 Å². The lowest BCUT2D eigenvalue weighted by Gasteiger charge is -2.28. The van der Waals surface area contributed by atoms with Crippen LogP contribution >= 0.6 is 0 Å². The Hall–Kier alpha value is -1.16. The maximum atomic E-state index is 4.61. The van der Waals surface area contributed by atoms with Crippen LogP contribution in [0.5, 0.6) is 0 Å². The summed E-state index contributed by atoms with van der Waals surface area (Å²) in [7, 11) is 2.13. The summed E-state index contributed by atoms with van der Waals surface area (Å²) >= 11 is 0. The Morgan fingerprint density at radius 2 is 2.28 bits per heavy atom. The van der Waals surface area contributed by atoms with Crippen molar-refractivity contribution in [1.29, 1.82) is 0 Å². The molecule has 0 radical (unpaired) electrons. The summed E-state index contributed by atoms with van der Waals surface area (Å²) in [5, 5.41) is 3.47. The Morgan fingerprint density at radius 3 is 2.94 bits per heavy atom. The fourth-order valence-electron chi connectivity index (χ4n) is 2.53. The van der Waals surface area contributed by atoms with Gasteiger partial charge in [-0.1, -0.05) is 6.92 Å². The SMILES string of the molecule is CCc1nc(C)cc(N(C)CC2CCCNC2)n1. The van der Waals surface area contributed by atoms with Gasteiger partial charge in [0.25, 0.3) is 0 Å². The molecule has 1 aromatic rings. The van der Waals surface area contributed by atoms with Gasteiger partial charge in [0, 0.05) is 31.8 Å². The van der Waals surface area contributed by atoms with E-state index >= 15 is 0 Å². The summed E-state index contributed by atoms with van der Waals surface area (Å²) in [6.45, 7) is 7.53. The van der Waals surface area contributed by atoms with E-state index in [1.54, 1.807) is 0 Å². The molecule has 18 heavy (non-hydrogen) atoms. The smallest absolute Gasteiger partial charge is 0.132 e. The molecule has 4 nitrogen and oxygen atoms in total. The van der Waals surface area contributed by atoms with E-state index in [0.717, 1.165) is 42.8 Å². The number of rotatable bonds is 4. The van der Waals surface area contributed by atoms with Gasteiger partial charge in [0.2, 0.25) is 0 Å². The summed E-state index contributed by atoms with van der Waals surface area (Å²) in [6, 6.07) is 2.08. The Kier molecular flexibility index (Phi) is 4.53. The van der Waals surface area contributed by atoms with Crippen LogP contribution in [-0.4, -0.2) is 36.6 Å². The number of aromatic nitrogens is 2. The molecule has 0 amide bonds. The molecule has 0 spiro atoms. The highest BCUT2D eigenvalue weighted by atomic mass is 15.2. The summed E-state index contributed by atoms with van der Waals surface area (Å²) in [6.07, 6.45) is 3.51. The Labute approximate surface area is 110 Å². The van der Waals surface area contributed by atoms with Gasteiger partial charge < -0.3 is 10.2 Å². The van der Waals surface area contributed by atoms with Gasteiger partial charge in [-0.3, -0.25) is 0 Å². The van der Waals surface area contributed by atoms with Crippen LogP contribution in [0.3, 0.4) is 0 Å². The van der Waals surface area contributed by atoms with Crippen LogP contribution in [-0.2, 0) is 6.42 Å². The highest BCUT2D eigenvalue weighted by Crippen LogP contribution is 2.16. The van der Waals surface area contributed by atoms with E-state index in [9.17, 15) is 0 Å². The largest absolute Gasteiger partial charge is 0.359 e. The Bertz CT molecular complexity index is 385. The fourth-order valence-corrected chi connectivity index (χ4v) is 2.53. The van der Waals surface area contributed by atoms with Crippen molar-refractivity contribution in [2.75, 3.05) is 31.6 Å². The topological polar surface area (TPSA) is 41.1 Å². The zero-order chi connectivity index (χ0) is 13.0. The number of hydrogen-bond acceptors (Lipinski definition) is 4. The fraction of sp³-hybridized carbons (Fsp3) is 0.714.